The summed E-state index contributed by atoms with van der Waals surface area (Å²) in [5, 5.41) is 0. The number of nitrogens with two attached hydrogens (primary N) is 1. The Labute approximate surface area is 129 Å². The van der Waals surface area contributed by atoms with Crippen LogP contribution in [-0.2, 0) is 0 Å². The molecular formula is C18H30N2O. The molecule has 0 saturated carbocycles. The molecule has 118 valence electrons. The summed E-state index contributed by atoms with van der Waals surface area (Å²) in [6.07, 6.45) is 2.62. The molecule has 2 N–H and O–H groups in total. The Hall–Kier alpha value is -1.38. The number of nitrogens with zero attached hydrogens (tertiary/aromatic N) is 1. The van der Waals surface area contributed by atoms with Crippen molar-refractivity contribution in [1.82, 2.24) is 0 Å². The van der Waals surface area contributed by atoms with E-state index in [2.05, 4.69) is 31.7 Å². The maximum atomic E-state index is 6.32. The first-order valence-corrected chi connectivity index (χ1v) is 8.09. The van der Waals surface area contributed by atoms with Gasteiger partial charge in [0.25, 0.3) is 0 Å². The van der Waals surface area contributed by atoms with Gasteiger partial charge >= 0.3 is 0 Å². The van der Waals surface area contributed by atoms with Crippen molar-refractivity contribution in [3.8, 4) is 5.75 Å². The van der Waals surface area contributed by atoms with Crippen molar-refractivity contribution in [3.63, 3.8) is 0 Å². The minimum absolute atomic E-state index is 0.147. The molecule has 1 heterocycles. The topological polar surface area (TPSA) is 38.5 Å². The maximum absolute atomic E-state index is 6.32. The molecule has 1 fully saturated rings. The Bertz CT molecular complexity index is 469. The molecule has 1 saturated heterocycles. The molecule has 0 amide bonds. The van der Waals surface area contributed by atoms with Crippen molar-refractivity contribution in [2.45, 2.75) is 53.6 Å². The van der Waals surface area contributed by atoms with Crippen LogP contribution in [0.2, 0.25) is 0 Å². The lowest BCUT2D eigenvalue weighted by Gasteiger charge is -2.40. The van der Waals surface area contributed by atoms with Crippen LogP contribution >= 0.6 is 0 Å². The fraction of sp³-hybridized carbons (Fsp3) is 0.667. The van der Waals surface area contributed by atoms with Gasteiger partial charge in [-0.05, 0) is 50.2 Å². The second-order valence-corrected chi connectivity index (χ2v) is 7.48. The van der Waals surface area contributed by atoms with Gasteiger partial charge in [0.1, 0.15) is 5.75 Å². The van der Waals surface area contributed by atoms with Crippen LogP contribution in [0.15, 0.2) is 18.2 Å². The molecule has 0 unspecified atom stereocenters. The van der Waals surface area contributed by atoms with Crippen molar-refractivity contribution < 1.29 is 4.74 Å². The van der Waals surface area contributed by atoms with Crippen molar-refractivity contribution in [1.29, 1.82) is 0 Å². The van der Waals surface area contributed by atoms with Gasteiger partial charge in [-0.2, -0.15) is 0 Å². The molecule has 21 heavy (non-hydrogen) atoms. The van der Waals surface area contributed by atoms with Gasteiger partial charge in [0.2, 0.25) is 0 Å². The van der Waals surface area contributed by atoms with E-state index < -0.39 is 0 Å². The van der Waals surface area contributed by atoms with Gasteiger partial charge in [-0.15, -0.1) is 0 Å². The van der Waals surface area contributed by atoms with Gasteiger partial charge in [-0.25, -0.2) is 0 Å². The summed E-state index contributed by atoms with van der Waals surface area (Å²) in [6, 6.07) is 6.11. The normalized spacial score (nSPS) is 17.3. The first kappa shape index (κ1) is 16.0. The molecule has 1 aromatic carbocycles. The third-order valence-corrected chi connectivity index (χ3v) is 4.47. The van der Waals surface area contributed by atoms with Crippen LogP contribution in [0.25, 0.3) is 0 Å². The average Bonchev–Trinajstić information content (AvgIpc) is 2.40. The standard InChI is InChI=1S/C18H30N2O/c1-13(2)21-16-8-6-7-15(17(16)19)20-11-9-14(10-12-20)18(3,4)5/h6-8,13-14H,9-12,19H2,1-5H3. The lowest BCUT2D eigenvalue weighted by Crippen LogP contribution is -2.38. The molecule has 2 rings (SSSR count). The molecule has 1 aliphatic rings. The van der Waals surface area contributed by atoms with E-state index in [-0.39, 0.29) is 6.10 Å². The zero-order chi connectivity index (χ0) is 15.6. The van der Waals surface area contributed by atoms with Crippen molar-refractivity contribution in [2.75, 3.05) is 23.7 Å². The number of hydrogen-bond acceptors (Lipinski definition) is 3. The number of para-hydroxylation sites is 1. The number of ether oxygens (including phenoxy) is 1. The van der Waals surface area contributed by atoms with E-state index in [4.69, 9.17) is 10.5 Å². The molecule has 0 aromatic heterocycles. The van der Waals surface area contributed by atoms with Crippen LogP contribution in [0.4, 0.5) is 11.4 Å². The smallest absolute Gasteiger partial charge is 0.144 e. The van der Waals surface area contributed by atoms with Gasteiger partial charge in [-0.1, -0.05) is 26.8 Å². The Morgan fingerprint density at radius 2 is 1.81 bits per heavy atom. The molecule has 3 nitrogen and oxygen atoms in total. The summed E-state index contributed by atoms with van der Waals surface area (Å²) < 4.78 is 5.80. The summed E-state index contributed by atoms with van der Waals surface area (Å²) in [7, 11) is 0. The highest BCUT2D eigenvalue weighted by Gasteiger charge is 2.29. The average molecular weight is 290 g/mol. The fourth-order valence-corrected chi connectivity index (χ4v) is 3.15. The van der Waals surface area contributed by atoms with Crippen LogP contribution in [0.5, 0.6) is 5.75 Å². The first-order chi connectivity index (χ1) is 9.79. The highest BCUT2D eigenvalue weighted by molar-refractivity contribution is 5.74. The van der Waals surface area contributed by atoms with E-state index in [1.807, 2.05) is 26.0 Å². The lowest BCUT2D eigenvalue weighted by atomic mass is 9.75. The second kappa shape index (κ2) is 6.17. The van der Waals surface area contributed by atoms with E-state index in [1.165, 1.54) is 12.8 Å². The zero-order valence-electron chi connectivity index (χ0n) is 14.1. The van der Waals surface area contributed by atoms with Crippen LogP contribution in [0, 0.1) is 11.3 Å². The number of hydrogen-bond donors (Lipinski definition) is 1. The van der Waals surface area contributed by atoms with E-state index >= 15 is 0 Å². The quantitative estimate of drug-likeness (QED) is 0.843. The van der Waals surface area contributed by atoms with Gasteiger partial charge in [0.15, 0.2) is 0 Å². The van der Waals surface area contributed by atoms with E-state index in [9.17, 15) is 0 Å². The number of benzene rings is 1. The monoisotopic (exact) mass is 290 g/mol. The first-order valence-electron chi connectivity index (χ1n) is 8.09. The Balaban J connectivity index is 2.10. The molecule has 0 aliphatic carbocycles. The summed E-state index contributed by atoms with van der Waals surface area (Å²) in [5.41, 5.74) is 8.62. The van der Waals surface area contributed by atoms with E-state index in [1.54, 1.807) is 0 Å². The van der Waals surface area contributed by atoms with E-state index in [0.29, 0.717) is 5.41 Å². The van der Waals surface area contributed by atoms with Crippen LogP contribution in [-0.4, -0.2) is 19.2 Å². The van der Waals surface area contributed by atoms with Gasteiger partial charge < -0.3 is 15.4 Å². The Morgan fingerprint density at radius 3 is 2.33 bits per heavy atom. The number of anilines is 2. The SMILES string of the molecule is CC(C)Oc1cccc(N2CCC(C(C)(C)C)CC2)c1N. The lowest BCUT2D eigenvalue weighted by molar-refractivity contribution is 0.199. The summed E-state index contributed by atoms with van der Waals surface area (Å²) in [6.45, 7) is 13.3. The predicted molar refractivity (Wildman–Crippen MR) is 91.0 cm³/mol. The van der Waals surface area contributed by atoms with Gasteiger partial charge in [-0.3, -0.25) is 0 Å². The van der Waals surface area contributed by atoms with Crippen molar-refractivity contribution in [2.24, 2.45) is 11.3 Å². The molecule has 0 atom stereocenters. The van der Waals surface area contributed by atoms with Gasteiger partial charge in [0, 0.05) is 13.1 Å². The molecule has 0 bridgehead atoms. The summed E-state index contributed by atoms with van der Waals surface area (Å²) >= 11 is 0. The number of piperidine rings is 1. The molecular weight excluding hydrogens is 260 g/mol. The minimum atomic E-state index is 0.147. The highest BCUT2D eigenvalue weighted by atomic mass is 16.5. The number of rotatable bonds is 3. The second-order valence-electron chi connectivity index (χ2n) is 7.48. The molecule has 1 aliphatic heterocycles. The summed E-state index contributed by atoms with van der Waals surface area (Å²) in [4.78, 5) is 2.41. The van der Waals surface area contributed by atoms with Crippen molar-refractivity contribution in [3.05, 3.63) is 18.2 Å². The Morgan fingerprint density at radius 1 is 1.19 bits per heavy atom. The third kappa shape index (κ3) is 3.84. The zero-order valence-corrected chi connectivity index (χ0v) is 14.1. The van der Waals surface area contributed by atoms with Crippen molar-refractivity contribution >= 4 is 11.4 Å². The third-order valence-electron chi connectivity index (χ3n) is 4.47. The van der Waals surface area contributed by atoms with E-state index in [0.717, 1.165) is 36.1 Å². The maximum Gasteiger partial charge on any atom is 0.144 e. The fourth-order valence-electron chi connectivity index (χ4n) is 3.15. The van der Waals surface area contributed by atoms with Crippen LogP contribution < -0.4 is 15.4 Å². The minimum Gasteiger partial charge on any atom is -0.489 e. The molecule has 0 radical (unpaired) electrons. The molecule has 0 spiro atoms. The number of nitrogen functional groups attached to an aromatic ring is 1. The van der Waals surface area contributed by atoms with Crippen LogP contribution in [0.1, 0.15) is 47.5 Å². The molecule has 3 heteroatoms. The predicted octanol–water partition coefficient (Wildman–Crippen LogP) is 4.32. The summed E-state index contributed by atoms with van der Waals surface area (Å²) in [5.74, 6) is 1.60. The Kier molecular flexibility index (Phi) is 4.70. The molecule has 1 aromatic rings. The van der Waals surface area contributed by atoms with Crippen LogP contribution in [0.3, 0.4) is 0 Å². The van der Waals surface area contributed by atoms with Gasteiger partial charge in [0.05, 0.1) is 17.5 Å². The highest BCUT2D eigenvalue weighted by Crippen LogP contribution is 2.38. The largest absolute Gasteiger partial charge is 0.489 e.